The first-order valence-electron chi connectivity index (χ1n) is 5.81. The molecule has 0 bridgehead atoms. The summed E-state index contributed by atoms with van der Waals surface area (Å²) in [5.74, 6) is 0.832. The van der Waals surface area contributed by atoms with Gasteiger partial charge in [0, 0.05) is 29.0 Å². The van der Waals surface area contributed by atoms with Gasteiger partial charge in [-0.05, 0) is 43.0 Å². The molecule has 0 atom stereocenters. The number of alkyl halides is 1. The van der Waals surface area contributed by atoms with Crippen molar-refractivity contribution in [2.24, 2.45) is 5.92 Å². The number of halogens is 2. The number of carbonyl (C=O) groups excluding carboxylic acids is 1. The van der Waals surface area contributed by atoms with Gasteiger partial charge in [0.05, 0.1) is 0 Å². The second kappa shape index (κ2) is 5.87. The molecule has 1 aromatic rings. The number of piperidine rings is 1. The molecule has 0 radical (unpaired) electrons. The molecular weight excluding hydrogens is 302 g/mol. The van der Waals surface area contributed by atoms with E-state index >= 15 is 0 Å². The molecule has 0 aliphatic carbocycles. The maximum absolute atomic E-state index is 12.2. The predicted molar refractivity (Wildman–Crippen MR) is 73.9 cm³/mol. The fraction of sp³-hybridized carbons (Fsp3) is 0.462. The van der Waals surface area contributed by atoms with Gasteiger partial charge in [0.15, 0.2) is 0 Å². The van der Waals surface area contributed by atoms with Crippen LogP contribution in [0.5, 0.6) is 0 Å². The lowest BCUT2D eigenvalue weighted by Gasteiger charge is -2.31. The van der Waals surface area contributed by atoms with Crippen molar-refractivity contribution in [1.29, 1.82) is 0 Å². The van der Waals surface area contributed by atoms with E-state index in [0.717, 1.165) is 36.8 Å². The van der Waals surface area contributed by atoms with Crippen molar-refractivity contribution in [1.82, 2.24) is 4.90 Å². The summed E-state index contributed by atoms with van der Waals surface area (Å²) in [5.41, 5.74) is 0.728. The monoisotopic (exact) mass is 315 g/mol. The summed E-state index contributed by atoms with van der Waals surface area (Å²) in [6.07, 6.45) is 2.18. The maximum Gasteiger partial charge on any atom is 0.253 e. The van der Waals surface area contributed by atoms with E-state index in [2.05, 4.69) is 15.9 Å². The second-order valence-electron chi connectivity index (χ2n) is 4.40. The number of carbonyl (C=O) groups is 1. The highest BCUT2D eigenvalue weighted by Crippen LogP contribution is 2.21. The predicted octanol–water partition coefficient (Wildman–Crippen LogP) is 3.59. The normalized spacial score (nSPS) is 17.2. The molecule has 1 amide bonds. The smallest absolute Gasteiger partial charge is 0.253 e. The summed E-state index contributed by atoms with van der Waals surface area (Å²) >= 11 is 9.31. The van der Waals surface area contributed by atoms with Crippen LogP contribution in [0.25, 0.3) is 0 Å². The molecule has 1 aliphatic heterocycles. The van der Waals surface area contributed by atoms with Gasteiger partial charge in [-0.1, -0.05) is 27.5 Å². The quantitative estimate of drug-likeness (QED) is 0.764. The Labute approximate surface area is 115 Å². The molecule has 2 rings (SSSR count). The van der Waals surface area contributed by atoms with E-state index in [1.54, 1.807) is 24.3 Å². The highest BCUT2D eigenvalue weighted by atomic mass is 79.9. The number of hydrogen-bond donors (Lipinski definition) is 0. The van der Waals surface area contributed by atoms with Gasteiger partial charge in [0.1, 0.15) is 0 Å². The molecule has 1 aliphatic rings. The van der Waals surface area contributed by atoms with Crippen molar-refractivity contribution in [2.75, 3.05) is 18.4 Å². The molecule has 92 valence electrons. The Morgan fingerprint density at radius 1 is 1.29 bits per heavy atom. The van der Waals surface area contributed by atoms with Crippen LogP contribution in [0.3, 0.4) is 0 Å². The number of nitrogens with zero attached hydrogens (tertiary/aromatic N) is 1. The highest BCUT2D eigenvalue weighted by Gasteiger charge is 2.22. The maximum atomic E-state index is 12.2. The molecule has 0 unspecified atom stereocenters. The molecule has 4 heteroatoms. The Hall–Kier alpha value is -0.540. The second-order valence-corrected chi connectivity index (χ2v) is 5.48. The summed E-state index contributed by atoms with van der Waals surface area (Å²) in [6, 6.07) is 7.11. The first kappa shape index (κ1) is 12.9. The van der Waals surface area contributed by atoms with E-state index in [-0.39, 0.29) is 5.91 Å². The lowest BCUT2D eigenvalue weighted by molar-refractivity contribution is 0.0699. The first-order valence-corrected chi connectivity index (χ1v) is 7.31. The molecule has 1 aromatic carbocycles. The van der Waals surface area contributed by atoms with Crippen molar-refractivity contribution < 1.29 is 4.79 Å². The molecule has 1 heterocycles. The first-order chi connectivity index (χ1) is 8.20. The molecule has 1 fully saturated rings. The third-order valence-electron chi connectivity index (χ3n) is 3.21. The Balaban J connectivity index is 1.99. The van der Waals surface area contributed by atoms with Gasteiger partial charge < -0.3 is 4.90 Å². The SMILES string of the molecule is O=C(c1ccc(Cl)cc1)N1CCC(CBr)CC1. The molecular formula is C13H15BrClNO. The minimum absolute atomic E-state index is 0.120. The number of hydrogen-bond acceptors (Lipinski definition) is 1. The zero-order valence-electron chi connectivity index (χ0n) is 9.53. The number of benzene rings is 1. The highest BCUT2D eigenvalue weighted by molar-refractivity contribution is 9.09. The molecule has 0 aromatic heterocycles. The van der Waals surface area contributed by atoms with Gasteiger partial charge in [-0.15, -0.1) is 0 Å². The largest absolute Gasteiger partial charge is 0.339 e. The van der Waals surface area contributed by atoms with Gasteiger partial charge in [-0.3, -0.25) is 4.79 Å². The van der Waals surface area contributed by atoms with Crippen LogP contribution in [0, 0.1) is 5.92 Å². The summed E-state index contributed by atoms with van der Waals surface area (Å²) in [7, 11) is 0. The van der Waals surface area contributed by atoms with Crippen LogP contribution in [0.15, 0.2) is 24.3 Å². The van der Waals surface area contributed by atoms with Gasteiger partial charge in [0.25, 0.3) is 5.91 Å². The van der Waals surface area contributed by atoms with Crippen LogP contribution in [0.2, 0.25) is 5.02 Å². The van der Waals surface area contributed by atoms with Crippen LogP contribution in [0.1, 0.15) is 23.2 Å². The Morgan fingerprint density at radius 3 is 2.41 bits per heavy atom. The summed E-state index contributed by atoms with van der Waals surface area (Å²) in [4.78, 5) is 14.1. The van der Waals surface area contributed by atoms with Crippen LogP contribution < -0.4 is 0 Å². The van der Waals surface area contributed by atoms with Crippen molar-refractivity contribution >= 4 is 33.4 Å². The van der Waals surface area contributed by atoms with Gasteiger partial charge >= 0.3 is 0 Å². The van der Waals surface area contributed by atoms with Crippen molar-refractivity contribution in [3.63, 3.8) is 0 Å². The Bertz CT molecular complexity index is 385. The third kappa shape index (κ3) is 3.23. The van der Waals surface area contributed by atoms with E-state index in [1.165, 1.54) is 0 Å². The molecule has 0 saturated carbocycles. The van der Waals surface area contributed by atoms with E-state index in [9.17, 15) is 4.79 Å². The number of amides is 1. The van der Waals surface area contributed by atoms with E-state index in [0.29, 0.717) is 10.9 Å². The van der Waals surface area contributed by atoms with Gasteiger partial charge in [-0.25, -0.2) is 0 Å². The fourth-order valence-electron chi connectivity index (χ4n) is 2.07. The molecule has 17 heavy (non-hydrogen) atoms. The lowest BCUT2D eigenvalue weighted by Crippen LogP contribution is -2.38. The van der Waals surface area contributed by atoms with Crippen LogP contribution in [-0.2, 0) is 0 Å². The average molecular weight is 317 g/mol. The number of likely N-dealkylation sites (tertiary alicyclic amines) is 1. The minimum Gasteiger partial charge on any atom is -0.339 e. The zero-order chi connectivity index (χ0) is 12.3. The topological polar surface area (TPSA) is 20.3 Å². The zero-order valence-corrected chi connectivity index (χ0v) is 11.9. The number of rotatable bonds is 2. The minimum atomic E-state index is 0.120. The third-order valence-corrected chi connectivity index (χ3v) is 4.38. The van der Waals surface area contributed by atoms with Gasteiger partial charge in [-0.2, -0.15) is 0 Å². The fourth-order valence-corrected chi connectivity index (χ4v) is 2.84. The van der Waals surface area contributed by atoms with Gasteiger partial charge in [0.2, 0.25) is 0 Å². The van der Waals surface area contributed by atoms with Crippen LogP contribution in [-0.4, -0.2) is 29.2 Å². The van der Waals surface area contributed by atoms with E-state index in [4.69, 9.17) is 11.6 Å². The van der Waals surface area contributed by atoms with Crippen LogP contribution in [0.4, 0.5) is 0 Å². The van der Waals surface area contributed by atoms with Crippen LogP contribution >= 0.6 is 27.5 Å². The molecule has 2 nitrogen and oxygen atoms in total. The molecule has 0 spiro atoms. The Kier molecular flexibility index (Phi) is 4.46. The van der Waals surface area contributed by atoms with Crippen molar-refractivity contribution in [2.45, 2.75) is 12.8 Å². The van der Waals surface area contributed by atoms with E-state index < -0.39 is 0 Å². The summed E-state index contributed by atoms with van der Waals surface area (Å²) < 4.78 is 0. The van der Waals surface area contributed by atoms with Crippen molar-refractivity contribution in [3.8, 4) is 0 Å². The standard InChI is InChI=1S/C13H15BrClNO/c14-9-10-5-7-16(8-6-10)13(17)11-1-3-12(15)4-2-11/h1-4,10H,5-9H2. The molecule has 0 N–H and O–H groups in total. The van der Waals surface area contributed by atoms with E-state index in [1.807, 2.05) is 4.90 Å². The summed E-state index contributed by atoms with van der Waals surface area (Å²) in [6.45, 7) is 1.72. The lowest BCUT2D eigenvalue weighted by atomic mass is 9.98. The van der Waals surface area contributed by atoms with Crippen molar-refractivity contribution in [3.05, 3.63) is 34.9 Å². The average Bonchev–Trinajstić information content (AvgIpc) is 2.39. The summed E-state index contributed by atoms with van der Waals surface area (Å²) in [5, 5.41) is 1.70. The molecule has 1 saturated heterocycles. The Morgan fingerprint density at radius 2 is 1.88 bits per heavy atom.